The van der Waals surface area contributed by atoms with Crippen LogP contribution >= 0.6 is 0 Å². The van der Waals surface area contributed by atoms with Gasteiger partial charge in [-0.3, -0.25) is 14.4 Å². The summed E-state index contributed by atoms with van der Waals surface area (Å²) in [4.78, 5) is 42.7. The van der Waals surface area contributed by atoms with Gasteiger partial charge in [0, 0.05) is 30.4 Å². The molecule has 1 fully saturated rings. The third kappa shape index (κ3) is 5.61. The molecule has 2 N–H and O–H groups in total. The highest BCUT2D eigenvalue weighted by atomic mass is 19.1. The monoisotopic (exact) mass is 497 g/mol. The first-order chi connectivity index (χ1) is 18.0. The van der Waals surface area contributed by atoms with E-state index >= 15 is 0 Å². The Labute approximate surface area is 212 Å². The maximum Gasteiger partial charge on any atom is 0.287 e. The smallest absolute Gasteiger partial charge is 0.287 e. The average Bonchev–Trinajstić information content (AvgIpc) is 3.60. The van der Waals surface area contributed by atoms with Crippen molar-refractivity contribution in [3.05, 3.63) is 102 Å². The van der Waals surface area contributed by atoms with Gasteiger partial charge >= 0.3 is 0 Å². The summed E-state index contributed by atoms with van der Waals surface area (Å²) in [6.45, 7) is 0. The van der Waals surface area contributed by atoms with Crippen LogP contribution < -0.4 is 10.6 Å². The molecule has 1 aliphatic carbocycles. The Hall–Kier alpha value is -4.66. The number of amides is 2. The van der Waals surface area contributed by atoms with Crippen LogP contribution in [-0.2, 0) is 9.59 Å². The molecule has 37 heavy (non-hydrogen) atoms. The minimum absolute atomic E-state index is 0.0579. The molecule has 0 bridgehead atoms. The summed E-state index contributed by atoms with van der Waals surface area (Å²) >= 11 is 0. The second kappa shape index (κ2) is 10.5. The Bertz CT molecular complexity index is 1450. The van der Waals surface area contributed by atoms with Gasteiger partial charge in [-0.2, -0.15) is 5.10 Å². The van der Waals surface area contributed by atoms with Gasteiger partial charge in [0.25, 0.3) is 11.8 Å². The quantitative estimate of drug-likeness (QED) is 0.343. The van der Waals surface area contributed by atoms with Crippen molar-refractivity contribution in [2.45, 2.75) is 31.3 Å². The number of carbonyl (C=O) groups excluding carboxylic acids is 3. The lowest BCUT2D eigenvalue weighted by molar-refractivity contribution is -0.138. The molecule has 1 saturated carbocycles. The summed E-state index contributed by atoms with van der Waals surface area (Å²) in [7, 11) is 0. The third-order valence-electron chi connectivity index (χ3n) is 6.05. The van der Waals surface area contributed by atoms with Crippen LogP contribution in [0.2, 0.25) is 0 Å². The standard InChI is InChI=1S/C28H24FN5O3/c29-22-11-5-4-9-20(22)23-14-16-34(33-23)26-21(10-6-15-30-26)27(36)32-24(18-7-2-1-3-8-18)17-25(35)28(37)31-19-12-13-19/h1-11,14-16,19,24H,12-13,17H2,(H,31,37)(H,32,36). The van der Waals surface area contributed by atoms with Gasteiger partial charge in [-0.05, 0) is 48.7 Å². The first-order valence-corrected chi connectivity index (χ1v) is 11.9. The van der Waals surface area contributed by atoms with Gasteiger partial charge in [-0.25, -0.2) is 14.1 Å². The molecule has 186 valence electrons. The van der Waals surface area contributed by atoms with Crippen molar-refractivity contribution >= 4 is 17.6 Å². The molecule has 0 aliphatic heterocycles. The fourth-order valence-corrected chi connectivity index (χ4v) is 3.96. The summed E-state index contributed by atoms with van der Waals surface area (Å²) in [6.07, 6.45) is 4.67. The van der Waals surface area contributed by atoms with Gasteiger partial charge in [-0.15, -0.1) is 0 Å². The molecule has 8 nitrogen and oxygen atoms in total. The zero-order chi connectivity index (χ0) is 25.8. The van der Waals surface area contributed by atoms with E-state index in [1.54, 1.807) is 66.9 Å². The van der Waals surface area contributed by atoms with Crippen molar-refractivity contribution in [3.8, 4) is 17.1 Å². The maximum absolute atomic E-state index is 14.2. The highest BCUT2D eigenvalue weighted by Gasteiger charge is 2.29. The number of aromatic nitrogens is 3. The second-order valence-electron chi connectivity index (χ2n) is 8.81. The van der Waals surface area contributed by atoms with Crippen molar-refractivity contribution in [2.24, 2.45) is 0 Å². The second-order valence-corrected chi connectivity index (χ2v) is 8.81. The van der Waals surface area contributed by atoms with E-state index in [1.807, 2.05) is 6.07 Å². The maximum atomic E-state index is 14.2. The van der Waals surface area contributed by atoms with Crippen molar-refractivity contribution in [1.82, 2.24) is 25.4 Å². The molecule has 0 spiro atoms. The average molecular weight is 498 g/mol. The molecule has 1 atom stereocenters. The first-order valence-electron chi connectivity index (χ1n) is 11.9. The zero-order valence-electron chi connectivity index (χ0n) is 19.8. The van der Waals surface area contributed by atoms with E-state index in [-0.39, 0.29) is 23.8 Å². The van der Waals surface area contributed by atoms with Crippen molar-refractivity contribution in [2.75, 3.05) is 0 Å². The number of pyridine rings is 1. The molecule has 0 saturated heterocycles. The molecule has 1 aliphatic rings. The number of ketones is 1. The number of nitrogens with one attached hydrogen (secondary N) is 2. The van der Waals surface area contributed by atoms with E-state index in [0.29, 0.717) is 16.8 Å². The summed E-state index contributed by atoms with van der Waals surface area (Å²) in [5.74, 6) is -1.90. The van der Waals surface area contributed by atoms with Crippen LogP contribution in [0.5, 0.6) is 0 Å². The number of Topliss-reactive ketones (excluding diaryl/α,β-unsaturated/α-hetero) is 1. The molecular formula is C28H24FN5O3. The molecular weight excluding hydrogens is 473 g/mol. The van der Waals surface area contributed by atoms with E-state index in [4.69, 9.17) is 0 Å². The topological polar surface area (TPSA) is 106 Å². The number of hydrogen-bond acceptors (Lipinski definition) is 5. The molecule has 0 radical (unpaired) electrons. The van der Waals surface area contributed by atoms with E-state index in [9.17, 15) is 18.8 Å². The molecule has 5 rings (SSSR count). The number of benzene rings is 2. The number of carbonyl (C=O) groups is 3. The lowest BCUT2D eigenvalue weighted by atomic mass is 10.0. The minimum Gasteiger partial charge on any atom is -0.347 e. The molecule has 2 heterocycles. The van der Waals surface area contributed by atoms with Crippen LogP contribution in [0, 0.1) is 5.82 Å². The zero-order valence-corrected chi connectivity index (χ0v) is 19.8. The number of halogens is 1. The highest BCUT2D eigenvalue weighted by Crippen LogP contribution is 2.24. The Morgan fingerprint density at radius 1 is 0.973 bits per heavy atom. The number of nitrogens with zero attached hydrogens (tertiary/aromatic N) is 3. The van der Waals surface area contributed by atoms with Gasteiger partial charge in [0.2, 0.25) is 5.78 Å². The van der Waals surface area contributed by atoms with E-state index in [2.05, 4.69) is 20.7 Å². The Balaban J connectivity index is 1.39. The minimum atomic E-state index is -0.731. The number of rotatable bonds is 9. The largest absolute Gasteiger partial charge is 0.347 e. The van der Waals surface area contributed by atoms with Crippen molar-refractivity contribution < 1.29 is 18.8 Å². The fourth-order valence-electron chi connectivity index (χ4n) is 3.96. The van der Waals surface area contributed by atoms with Gasteiger partial charge in [0.05, 0.1) is 17.3 Å². The van der Waals surface area contributed by atoms with Crippen LogP contribution in [0.25, 0.3) is 17.1 Å². The Morgan fingerprint density at radius 2 is 1.73 bits per heavy atom. The molecule has 2 aromatic carbocycles. The fraction of sp³-hybridized carbons (Fsp3) is 0.179. The van der Waals surface area contributed by atoms with Gasteiger partial charge in [-0.1, -0.05) is 42.5 Å². The molecule has 1 unspecified atom stereocenters. The molecule has 9 heteroatoms. The lowest BCUT2D eigenvalue weighted by Gasteiger charge is -2.19. The van der Waals surface area contributed by atoms with Gasteiger partial charge in [0.15, 0.2) is 5.82 Å². The third-order valence-corrected chi connectivity index (χ3v) is 6.05. The van der Waals surface area contributed by atoms with E-state index in [0.717, 1.165) is 12.8 Å². The predicted molar refractivity (Wildman–Crippen MR) is 134 cm³/mol. The van der Waals surface area contributed by atoms with Crippen molar-refractivity contribution in [1.29, 1.82) is 0 Å². The SMILES string of the molecule is O=C(CC(NC(=O)c1cccnc1-n1ccc(-c2ccccc2F)n1)c1ccccc1)C(=O)NC1CC1. The summed E-state index contributed by atoms with van der Waals surface area (Å²) in [5.41, 5.74) is 1.62. The van der Waals surface area contributed by atoms with Gasteiger partial charge in [0.1, 0.15) is 5.82 Å². The molecule has 2 amide bonds. The Kier molecular flexibility index (Phi) is 6.85. The van der Waals surface area contributed by atoms with Crippen LogP contribution in [0.15, 0.2) is 85.2 Å². The van der Waals surface area contributed by atoms with E-state index < -0.39 is 29.5 Å². The summed E-state index contributed by atoms with van der Waals surface area (Å²) in [5, 5.41) is 10.0. The lowest BCUT2D eigenvalue weighted by Crippen LogP contribution is -2.37. The van der Waals surface area contributed by atoms with E-state index in [1.165, 1.54) is 16.9 Å². The van der Waals surface area contributed by atoms with Crippen LogP contribution in [0.4, 0.5) is 4.39 Å². The summed E-state index contributed by atoms with van der Waals surface area (Å²) < 4.78 is 15.7. The van der Waals surface area contributed by atoms with Crippen LogP contribution in [-0.4, -0.2) is 38.4 Å². The first kappa shape index (κ1) is 24.1. The normalized spacial score (nSPS) is 13.5. The molecule has 2 aromatic heterocycles. The van der Waals surface area contributed by atoms with Crippen molar-refractivity contribution in [3.63, 3.8) is 0 Å². The summed E-state index contributed by atoms with van der Waals surface area (Å²) in [6, 6.07) is 19.5. The number of hydrogen-bond donors (Lipinski definition) is 2. The Morgan fingerprint density at radius 3 is 2.49 bits per heavy atom. The highest BCUT2D eigenvalue weighted by molar-refractivity contribution is 6.36. The predicted octanol–water partition coefficient (Wildman–Crippen LogP) is 3.78. The van der Waals surface area contributed by atoms with Crippen LogP contribution in [0.3, 0.4) is 0 Å². The van der Waals surface area contributed by atoms with Gasteiger partial charge < -0.3 is 10.6 Å². The molecule has 4 aromatic rings. The van der Waals surface area contributed by atoms with Crippen LogP contribution in [0.1, 0.15) is 41.2 Å².